The summed E-state index contributed by atoms with van der Waals surface area (Å²) in [6.07, 6.45) is 4.23. The minimum atomic E-state index is -0.778. The molecule has 2 N–H and O–H groups in total. The van der Waals surface area contributed by atoms with Gasteiger partial charge in [0.05, 0.1) is 12.1 Å². The van der Waals surface area contributed by atoms with Gasteiger partial charge in [-0.25, -0.2) is 4.98 Å². The number of nitrogens with zero attached hydrogens (tertiary/aromatic N) is 1. The largest absolute Gasteiger partial charge is 0.481 e. The Hall–Kier alpha value is -2.63. The monoisotopic (exact) mass is 342 g/mol. The first-order chi connectivity index (χ1) is 12.0. The Labute approximate surface area is 146 Å². The smallest absolute Gasteiger partial charge is 0.306 e. The van der Waals surface area contributed by atoms with E-state index in [1.807, 2.05) is 31.2 Å². The number of carboxylic acids is 1. The Kier molecular flexibility index (Phi) is 5.16. The molecule has 2 atom stereocenters. The highest BCUT2D eigenvalue weighted by Gasteiger charge is 2.30. The van der Waals surface area contributed by atoms with Gasteiger partial charge in [0, 0.05) is 24.4 Å². The number of hydrogen-bond donors (Lipinski definition) is 2. The first-order valence-corrected chi connectivity index (χ1v) is 8.55. The number of aliphatic carboxylic acids is 1. The zero-order valence-corrected chi connectivity index (χ0v) is 14.2. The summed E-state index contributed by atoms with van der Waals surface area (Å²) >= 11 is 0. The number of carboxylic acid groups (broad SMARTS) is 1. The van der Waals surface area contributed by atoms with Gasteiger partial charge in [-0.2, -0.15) is 0 Å². The summed E-state index contributed by atoms with van der Waals surface area (Å²) in [5.74, 6) is 0.0106. The summed E-state index contributed by atoms with van der Waals surface area (Å²) in [4.78, 5) is 27.2. The predicted octanol–water partition coefficient (Wildman–Crippen LogP) is 2.95. The van der Waals surface area contributed by atoms with Crippen LogP contribution in [0.25, 0.3) is 11.3 Å². The number of oxazole rings is 1. The van der Waals surface area contributed by atoms with Crippen LogP contribution in [0.3, 0.4) is 0 Å². The fourth-order valence-electron chi connectivity index (χ4n) is 3.13. The fourth-order valence-corrected chi connectivity index (χ4v) is 3.13. The van der Waals surface area contributed by atoms with E-state index >= 15 is 0 Å². The molecule has 132 valence electrons. The first kappa shape index (κ1) is 17.2. The van der Waals surface area contributed by atoms with Gasteiger partial charge < -0.3 is 14.8 Å². The first-order valence-electron chi connectivity index (χ1n) is 8.55. The summed E-state index contributed by atoms with van der Waals surface area (Å²) in [6.45, 7) is 2.03. The number of amides is 1. The molecule has 0 aliphatic heterocycles. The van der Waals surface area contributed by atoms with Gasteiger partial charge in [0.15, 0.2) is 11.7 Å². The van der Waals surface area contributed by atoms with Crippen LogP contribution >= 0.6 is 0 Å². The Balaban J connectivity index is 1.48. The van der Waals surface area contributed by atoms with E-state index in [-0.39, 0.29) is 24.3 Å². The van der Waals surface area contributed by atoms with Crippen LogP contribution in [0, 0.1) is 12.8 Å². The molecular weight excluding hydrogens is 320 g/mol. The van der Waals surface area contributed by atoms with Crippen LogP contribution in [0.15, 0.2) is 34.9 Å². The number of rotatable bonds is 6. The Morgan fingerprint density at radius 2 is 2.04 bits per heavy atom. The lowest BCUT2D eigenvalue weighted by Crippen LogP contribution is -2.33. The number of nitrogens with one attached hydrogen (secondary N) is 1. The van der Waals surface area contributed by atoms with Gasteiger partial charge >= 0.3 is 5.97 Å². The highest BCUT2D eigenvalue weighted by molar-refractivity contribution is 5.77. The molecule has 3 rings (SSSR count). The van der Waals surface area contributed by atoms with Crippen LogP contribution < -0.4 is 5.32 Å². The highest BCUT2D eigenvalue weighted by Crippen LogP contribution is 2.26. The number of benzene rings is 1. The molecule has 1 fully saturated rings. The molecule has 0 spiro atoms. The molecule has 0 bridgehead atoms. The zero-order valence-electron chi connectivity index (χ0n) is 14.2. The molecule has 0 saturated heterocycles. The van der Waals surface area contributed by atoms with Crippen molar-refractivity contribution >= 4 is 11.9 Å². The second-order valence-electron chi connectivity index (χ2n) is 6.60. The fraction of sp³-hybridized carbons (Fsp3) is 0.421. The van der Waals surface area contributed by atoms with Gasteiger partial charge in [0.1, 0.15) is 0 Å². The van der Waals surface area contributed by atoms with E-state index < -0.39 is 5.97 Å². The van der Waals surface area contributed by atoms with Gasteiger partial charge in [-0.1, -0.05) is 29.8 Å². The lowest BCUT2D eigenvalue weighted by atomic mass is 10.1. The molecule has 0 unspecified atom stereocenters. The average molecular weight is 342 g/mol. The van der Waals surface area contributed by atoms with Crippen LogP contribution in [0.4, 0.5) is 0 Å². The van der Waals surface area contributed by atoms with E-state index in [0.717, 1.165) is 12.0 Å². The molecule has 25 heavy (non-hydrogen) atoms. The maximum absolute atomic E-state index is 12.0. The van der Waals surface area contributed by atoms with E-state index in [1.54, 1.807) is 6.20 Å². The quantitative estimate of drug-likeness (QED) is 0.842. The minimum Gasteiger partial charge on any atom is -0.481 e. The van der Waals surface area contributed by atoms with E-state index in [4.69, 9.17) is 9.52 Å². The third-order valence-electron chi connectivity index (χ3n) is 4.60. The normalized spacial score (nSPS) is 19.7. The van der Waals surface area contributed by atoms with Gasteiger partial charge in [-0.15, -0.1) is 0 Å². The number of carbonyl (C=O) groups is 2. The molecule has 1 aromatic heterocycles. The number of hydrogen-bond acceptors (Lipinski definition) is 4. The van der Waals surface area contributed by atoms with E-state index in [9.17, 15) is 9.59 Å². The van der Waals surface area contributed by atoms with E-state index in [0.29, 0.717) is 30.9 Å². The molecule has 2 aromatic rings. The molecular formula is C19H22N2O4. The molecule has 1 aliphatic rings. The van der Waals surface area contributed by atoms with Gasteiger partial charge in [0.25, 0.3) is 0 Å². The van der Waals surface area contributed by atoms with Gasteiger partial charge in [-0.05, 0) is 26.2 Å². The van der Waals surface area contributed by atoms with Crippen molar-refractivity contribution < 1.29 is 19.1 Å². The SMILES string of the molecule is Cc1ccc(-c2cnc(CCC(=O)N[C@H]3CC[C@@H](C(=O)O)C3)o2)cc1. The lowest BCUT2D eigenvalue weighted by molar-refractivity contribution is -0.141. The molecule has 1 saturated carbocycles. The second-order valence-corrected chi connectivity index (χ2v) is 6.60. The maximum Gasteiger partial charge on any atom is 0.306 e. The summed E-state index contributed by atoms with van der Waals surface area (Å²) in [5.41, 5.74) is 2.14. The number of carbonyl (C=O) groups excluding carboxylic acids is 1. The van der Waals surface area contributed by atoms with Crippen molar-refractivity contribution in [2.75, 3.05) is 0 Å². The van der Waals surface area contributed by atoms with Crippen molar-refractivity contribution in [3.8, 4) is 11.3 Å². The van der Waals surface area contributed by atoms with Crippen LogP contribution in [0.5, 0.6) is 0 Å². The maximum atomic E-state index is 12.0. The third-order valence-corrected chi connectivity index (χ3v) is 4.60. The lowest BCUT2D eigenvalue weighted by Gasteiger charge is -2.11. The number of aromatic nitrogens is 1. The van der Waals surface area contributed by atoms with Crippen molar-refractivity contribution in [3.05, 3.63) is 41.9 Å². The molecule has 6 heteroatoms. The summed E-state index contributed by atoms with van der Waals surface area (Å²) in [7, 11) is 0. The molecule has 1 heterocycles. The molecule has 1 aliphatic carbocycles. The Bertz CT molecular complexity index is 751. The van der Waals surface area contributed by atoms with Crippen LogP contribution in [0.2, 0.25) is 0 Å². The third kappa shape index (κ3) is 4.47. The van der Waals surface area contributed by atoms with Crippen molar-refractivity contribution in [3.63, 3.8) is 0 Å². The zero-order chi connectivity index (χ0) is 17.8. The van der Waals surface area contributed by atoms with Crippen molar-refractivity contribution in [1.82, 2.24) is 10.3 Å². The molecule has 1 aromatic carbocycles. The molecule has 6 nitrogen and oxygen atoms in total. The number of aryl methyl sites for hydroxylation is 2. The Morgan fingerprint density at radius 1 is 1.28 bits per heavy atom. The molecule has 1 amide bonds. The minimum absolute atomic E-state index is 0.0405. The van der Waals surface area contributed by atoms with Gasteiger partial charge in [0.2, 0.25) is 5.91 Å². The van der Waals surface area contributed by atoms with Crippen LogP contribution in [-0.2, 0) is 16.0 Å². The van der Waals surface area contributed by atoms with E-state index in [2.05, 4.69) is 10.3 Å². The summed E-state index contributed by atoms with van der Waals surface area (Å²) in [6, 6.07) is 7.94. The van der Waals surface area contributed by atoms with Crippen LogP contribution in [-0.4, -0.2) is 28.0 Å². The topological polar surface area (TPSA) is 92.4 Å². The van der Waals surface area contributed by atoms with Crippen molar-refractivity contribution in [1.29, 1.82) is 0 Å². The average Bonchev–Trinajstić information content (AvgIpc) is 3.23. The predicted molar refractivity (Wildman–Crippen MR) is 91.9 cm³/mol. The van der Waals surface area contributed by atoms with E-state index in [1.165, 1.54) is 5.56 Å². The van der Waals surface area contributed by atoms with Gasteiger partial charge in [-0.3, -0.25) is 9.59 Å². The molecule has 0 radical (unpaired) electrons. The Morgan fingerprint density at radius 3 is 2.72 bits per heavy atom. The van der Waals surface area contributed by atoms with Crippen molar-refractivity contribution in [2.24, 2.45) is 5.92 Å². The second kappa shape index (κ2) is 7.51. The highest BCUT2D eigenvalue weighted by atomic mass is 16.4. The van der Waals surface area contributed by atoms with Crippen LogP contribution in [0.1, 0.15) is 37.1 Å². The standard InChI is InChI=1S/C19H22N2O4/c1-12-2-4-13(5-3-12)16-11-20-18(25-16)9-8-17(22)21-15-7-6-14(10-15)19(23)24/h2-5,11,14-15H,6-10H2,1H3,(H,21,22)(H,23,24)/t14-,15+/m1/s1. The summed E-state index contributed by atoms with van der Waals surface area (Å²) < 4.78 is 5.71. The summed E-state index contributed by atoms with van der Waals surface area (Å²) in [5, 5.41) is 11.9. The van der Waals surface area contributed by atoms with Crippen molar-refractivity contribution in [2.45, 2.75) is 45.1 Å².